The number of Topliss-reactive ketones (excluding diaryl/α,β-unsaturated/α-hetero) is 1. The van der Waals surface area contributed by atoms with E-state index in [1.807, 2.05) is 6.92 Å². The van der Waals surface area contributed by atoms with E-state index in [2.05, 4.69) is 14.8 Å². The molecule has 118 valence electrons. The van der Waals surface area contributed by atoms with Gasteiger partial charge in [-0.25, -0.2) is 4.79 Å². The van der Waals surface area contributed by atoms with Gasteiger partial charge in [0.15, 0.2) is 0 Å². The first-order chi connectivity index (χ1) is 10.4. The Morgan fingerprint density at radius 1 is 1.05 bits per heavy atom. The lowest BCUT2D eigenvalue weighted by Gasteiger charge is -2.12. The first kappa shape index (κ1) is 17.4. The van der Waals surface area contributed by atoms with Gasteiger partial charge >= 0.3 is 11.9 Å². The van der Waals surface area contributed by atoms with Crippen molar-refractivity contribution in [3.8, 4) is 0 Å². The molecule has 0 aliphatic carbocycles. The van der Waals surface area contributed by atoms with Crippen LogP contribution in [0, 0.1) is 12.8 Å². The standard InChI is InChI=1S/C15H17NO6/c1-9-4-6-10(7-5-9)16-12(17)8-11(14(19)21-2)13(18)15(20)22-3/h4-7,11H,8H2,1-3H3,(H,16,17)/t11-/m1/s1. The summed E-state index contributed by atoms with van der Waals surface area (Å²) in [6.45, 7) is 1.90. The number of anilines is 1. The highest BCUT2D eigenvalue weighted by Crippen LogP contribution is 2.13. The number of carbonyl (C=O) groups is 4. The normalized spacial score (nSPS) is 11.2. The molecule has 22 heavy (non-hydrogen) atoms. The first-order valence-corrected chi connectivity index (χ1v) is 6.45. The number of aryl methyl sites for hydroxylation is 1. The van der Waals surface area contributed by atoms with Crippen LogP contribution in [0.4, 0.5) is 5.69 Å². The quantitative estimate of drug-likeness (QED) is 0.475. The van der Waals surface area contributed by atoms with Crippen LogP contribution in [0.3, 0.4) is 0 Å². The molecule has 0 spiro atoms. The third kappa shape index (κ3) is 4.69. The Labute approximate surface area is 127 Å². The summed E-state index contributed by atoms with van der Waals surface area (Å²) in [5.41, 5.74) is 1.54. The second kappa shape index (κ2) is 7.92. The lowest BCUT2D eigenvalue weighted by atomic mass is 9.99. The molecule has 1 N–H and O–H groups in total. The van der Waals surface area contributed by atoms with E-state index in [1.54, 1.807) is 24.3 Å². The van der Waals surface area contributed by atoms with E-state index in [0.717, 1.165) is 19.8 Å². The van der Waals surface area contributed by atoms with Crippen LogP contribution in [-0.2, 0) is 28.7 Å². The Balaban J connectivity index is 2.78. The smallest absolute Gasteiger partial charge is 0.375 e. The molecule has 1 amide bonds. The van der Waals surface area contributed by atoms with Crippen LogP contribution in [-0.4, -0.2) is 37.8 Å². The fraction of sp³-hybridized carbons (Fsp3) is 0.333. The minimum Gasteiger partial charge on any atom is -0.468 e. The minimum atomic E-state index is -1.53. The van der Waals surface area contributed by atoms with E-state index in [-0.39, 0.29) is 0 Å². The Kier molecular flexibility index (Phi) is 6.25. The van der Waals surface area contributed by atoms with E-state index in [1.165, 1.54) is 0 Å². The number of nitrogens with one attached hydrogen (secondary N) is 1. The van der Waals surface area contributed by atoms with Gasteiger partial charge in [-0.05, 0) is 19.1 Å². The highest BCUT2D eigenvalue weighted by atomic mass is 16.5. The lowest BCUT2D eigenvalue weighted by molar-refractivity contribution is -0.160. The molecule has 0 heterocycles. The fourth-order valence-electron chi connectivity index (χ4n) is 1.70. The van der Waals surface area contributed by atoms with E-state index in [4.69, 9.17) is 0 Å². The summed E-state index contributed by atoms with van der Waals surface area (Å²) in [5, 5.41) is 2.54. The largest absolute Gasteiger partial charge is 0.468 e. The number of ether oxygens (including phenoxy) is 2. The molecule has 0 bridgehead atoms. The zero-order valence-electron chi connectivity index (χ0n) is 12.5. The summed E-state index contributed by atoms with van der Waals surface area (Å²) in [7, 11) is 2.08. The number of hydrogen-bond acceptors (Lipinski definition) is 6. The number of esters is 2. The molecule has 0 aliphatic heterocycles. The van der Waals surface area contributed by atoms with Crippen molar-refractivity contribution in [3.63, 3.8) is 0 Å². The molecule has 0 fully saturated rings. The van der Waals surface area contributed by atoms with Gasteiger partial charge in [-0.2, -0.15) is 0 Å². The predicted molar refractivity (Wildman–Crippen MR) is 77.0 cm³/mol. The Morgan fingerprint density at radius 2 is 1.64 bits per heavy atom. The van der Waals surface area contributed by atoms with Crippen molar-refractivity contribution in [1.29, 1.82) is 0 Å². The topological polar surface area (TPSA) is 98.8 Å². The number of benzene rings is 1. The number of carbonyl (C=O) groups excluding carboxylic acids is 4. The van der Waals surface area contributed by atoms with Gasteiger partial charge in [-0.3, -0.25) is 14.4 Å². The van der Waals surface area contributed by atoms with Crippen LogP contribution in [0.25, 0.3) is 0 Å². The third-order valence-electron chi connectivity index (χ3n) is 2.91. The molecule has 1 rings (SSSR count). The zero-order chi connectivity index (χ0) is 16.7. The second-order valence-electron chi connectivity index (χ2n) is 4.55. The summed E-state index contributed by atoms with van der Waals surface area (Å²) >= 11 is 0. The van der Waals surface area contributed by atoms with Crippen molar-refractivity contribution >= 4 is 29.3 Å². The van der Waals surface area contributed by atoms with Gasteiger partial charge in [0.1, 0.15) is 5.92 Å². The van der Waals surface area contributed by atoms with Gasteiger partial charge in [-0.15, -0.1) is 0 Å². The molecule has 1 atom stereocenters. The van der Waals surface area contributed by atoms with Gasteiger partial charge in [-0.1, -0.05) is 17.7 Å². The molecule has 0 saturated heterocycles. The van der Waals surface area contributed by atoms with Crippen LogP contribution in [0.5, 0.6) is 0 Å². The molecule has 7 heteroatoms. The summed E-state index contributed by atoms with van der Waals surface area (Å²) in [5.74, 6) is -5.39. The van der Waals surface area contributed by atoms with Crippen LogP contribution in [0.2, 0.25) is 0 Å². The molecule has 0 radical (unpaired) electrons. The maximum atomic E-state index is 11.9. The van der Waals surface area contributed by atoms with Crippen molar-refractivity contribution in [2.24, 2.45) is 5.92 Å². The van der Waals surface area contributed by atoms with Gasteiger partial charge in [0.2, 0.25) is 5.91 Å². The Morgan fingerprint density at radius 3 is 2.14 bits per heavy atom. The van der Waals surface area contributed by atoms with Crippen molar-refractivity contribution in [2.75, 3.05) is 19.5 Å². The van der Waals surface area contributed by atoms with Crippen molar-refractivity contribution < 1.29 is 28.7 Å². The summed E-state index contributed by atoms with van der Waals surface area (Å²) in [6, 6.07) is 6.96. The fourth-order valence-corrected chi connectivity index (χ4v) is 1.70. The molecule has 1 aromatic carbocycles. The number of rotatable bonds is 6. The first-order valence-electron chi connectivity index (χ1n) is 6.45. The Bertz CT molecular complexity index is 578. The molecular formula is C15H17NO6. The summed E-state index contributed by atoms with van der Waals surface area (Å²) in [4.78, 5) is 46.5. The number of methoxy groups -OCH3 is 2. The number of hydrogen-bond donors (Lipinski definition) is 1. The molecule has 0 unspecified atom stereocenters. The maximum absolute atomic E-state index is 11.9. The highest BCUT2D eigenvalue weighted by molar-refractivity contribution is 6.38. The molecule has 0 aromatic heterocycles. The van der Waals surface area contributed by atoms with Gasteiger partial charge in [0.05, 0.1) is 14.2 Å². The number of amides is 1. The van der Waals surface area contributed by atoms with Crippen LogP contribution < -0.4 is 5.32 Å². The Hall–Kier alpha value is -2.70. The average Bonchev–Trinajstić information content (AvgIpc) is 2.52. The van der Waals surface area contributed by atoms with Crippen molar-refractivity contribution in [3.05, 3.63) is 29.8 Å². The van der Waals surface area contributed by atoms with Crippen molar-refractivity contribution in [2.45, 2.75) is 13.3 Å². The monoisotopic (exact) mass is 307 g/mol. The maximum Gasteiger partial charge on any atom is 0.375 e. The predicted octanol–water partition coefficient (Wildman–Crippen LogP) is 0.855. The molecular weight excluding hydrogens is 290 g/mol. The average molecular weight is 307 g/mol. The van der Waals surface area contributed by atoms with E-state index in [9.17, 15) is 19.2 Å². The summed E-state index contributed by atoms with van der Waals surface area (Å²) < 4.78 is 8.72. The molecule has 1 aromatic rings. The van der Waals surface area contributed by atoms with Gasteiger partial charge in [0.25, 0.3) is 5.78 Å². The lowest BCUT2D eigenvalue weighted by Crippen LogP contribution is -2.34. The molecule has 7 nitrogen and oxygen atoms in total. The molecule has 0 aliphatic rings. The molecule has 0 saturated carbocycles. The third-order valence-corrected chi connectivity index (χ3v) is 2.91. The van der Waals surface area contributed by atoms with Crippen LogP contribution in [0.1, 0.15) is 12.0 Å². The van der Waals surface area contributed by atoms with Gasteiger partial charge < -0.3 is 14.8 Å². The minimum absolute atomic E-state index is 0.505. The second-order valence-corrected chi connectivity index (χ2v) is 4.55. The van der Waals surface area contributed by atoms with E-state index >= 15 is 0 Å². The van der Waals surface area contributed by atoms with E-state index < -0.39 is 36.0 Å². The van der Waals surface area contributed by atoms with Crippen LogP contribution in [0.15, 0.2) is 24.3 Å². The van der Waals surface area contributed by atoms with Gasteiger partial charge in [0, 0.05) is 12.1 Å². The van der Waals surface area contributed by atoms with Crippen molar-refractivity contribution in [1.82, 2.24) is 0 Å². The number of ketones is 1. The SMILES string of the molecule is COC(=O)C(=O)[C@@H](CC(=O)Nc1ccc(C)cc1)C(=O)OC. The summed E-state index contributed by atoms with van der Waals surface area (Å²) in [6.07, 6.45) is -0.505. The van der Waals surface area contributed by atoms with E-state index in [0.29, 0.717) is 5.69 Å². The van der Waals surface area contributed by atoms with Crippen LogP contribution >= 0.6 is 0 Å². The highest BCUT2D eigenvalue weighted by Gasteiger charge is 2.35. The zero-order valence-corrected chi connectivity index (χ0v) is 12.5.